The van der Waals surface area contributed by atoms with Gasteiger partial charge in [-0.25, -0.2) is 8.78 Å². The lowest BCUT2D eigenvalue weighted by atomic mass is 9.99. The van der Waals surface area contributed by atoms with Gasteiger partial charge in [-0.3, -0.25) is 4.79 Å². The molecule has 1 amide bonds. The molecule has 0 fully saturated rings. The van der Waals surface area contributed by atoms with E-state index < -0.39 is 30.9 Å². The minimum atomic E-state index is -2.65. The molecule has 1 unspecified atom stereocenters. The van der Waals surface area contributed by atoms with Gasteiger partial charge in [0.15, 0.2) is 0 Å². The van der Waals surface area contributed by atoms with Crippen LogP contribution in [0.5, 0.6) is 11.5 Å². The van der Waals surface area contributed by atoms with E-state index in [1.165, 1.54) is 6.92 Å². The first-order chi connectivity index (χ1) is 13.7. The zero-order valence-electron chi connectivity index (χ0n) is 16.6. The summed E-state index contributed by atoms with van der Waals surface area (Å²) < 4.78 is 33.3. The molecule has 2 heterocycles. The SMILES string of the molecule is Cc1ccccc1Oc1ccc2cc(C)c(C(=O)NC(C)(CO)CC(F)F)n2c1. The van der Waals surface area contributed by atoms with Gasteiger partial charge in [-0.2, -0.15) is 0 Å². The number of hydrogen-bond donors (Lipinski definition) is 2. The molecule has 0 radical (unpaired) electrons. The molecule has 1 atom stereocenters. The van der Waals surface area contributed by atoms with E-state index in [2.05, 4.69) is 5.32 Å². The van der Waals surface area contributed by atoms with E-state index >= 15 is 0 Å². The lowest BCUT2D eigenvalue weighted by Crippen LogP contribution is -2.50. The van der Waals surface area contributed by atoms with Crippen molar-refractivity contribution >= 4 is 11.4 Å². The van der Waals surface area contributed by atoms with Gasteiger partial charge < -0.3 is 19.6 Å². The van der Waals surface area contributed by atoms with Crippen molar-refractivity contribution in [2.75, 3.05) is 6.61 Å². The summed E-state index contributed by atoms with van der Waals surface area (Å²) in [7, 11) is 0. The number of benzene rings is 1. The quantitative estimate of drug-likeness (QED) is 0.612. The van der Waals surface area contributed by atoms with Gasteiger partial charge in [0.1, 0.15) is 17.2 Å². The zero-order valence-corrected chi connectivity index (χ0v) is 16.6. The van der Waals surface area contributed by atoms with Gasteiger partial charge in [0.2, 0.25) is 6.43 Å². The van der Waals surface area contributed by atoms with Crippen LogP contribution in [0.3, 0.4) is 0 Å². The fourth-order valence-corrected chi connectivity index (χ4v) is 3.26. The molecule has 3 aromatic rings. The number of aryl methyl sites for hydroxylation is 2. The first-order valence-corrected chi connectivity index (χ1v) is 9.29. The molecule has 0 aliphatic rings. The summed E-state index contributed by atoms with van der Waals surface area (Å²) >= 11 is 0. The van der Waals surface area contributed by atoms with Crippen LogP contribution in [0.2, 0.25) is 0 Å². The molecule has 5 nitrogen and oxygen atoms in total. The molecule has 0 bridgehead atoms. The number of pyridine rings is 1. The number of alkyl halides is 2. The number of hydrogen-bond acceptors (Lipinski definition) is 3. The number of aliphatic hydroxyl groups is 1. The Morgan fingerprint density at radius 3 is 2.59 bits per heavy atom. The number of ether oxygens (including phenoxy) is 1. The second kappa shape index (κ2) is 8.21. The number of aliphatic hydroxyl groups excluding tert-OH is 1. The number of rotatable bonds is 7. The monoisotopic (exact) mass is 402 g/mol. The minimum absolute atomic E-state index is 0.309. The molecular weight excluding hydrogens is 378 g/mol. The van der Waals surface area contributed by atoms with Gasteiger partial charge in [-0.1, -0.05) is 18.2 Å². The van der Waals surface area contributed by atoms with Crippen LogP contribution in [0.4, 0.5) is 8.78 Å². The minimum Gasteiger partial charge on any atom is -0.456 e. The van der Waals surface area contributed by atoms with Crippen molar-refractivity contribution in [1.82, 2.24) is 9.72 Å². The summed E-state index contributed by atoms with van der Waals surface area (Å²) in [6.07, 6.45) is -1.60. The predicted molar refractivity (Wildman–Crippen MR) is 107 cm³/mol. The van der Waals surface area contributed by atoms with Crippen LogP contribution in [-0.2, 0) is 0 Å². The lowest BCUT2D eigenvalue weighted by molar-refractivity contribution is 0.0582. The van der Waals surface area contributed by atoms with Gasteiger partial charge in [0.25, 0.3) is 5.91 Å². The van der Waals surface area contributed by atoms with Crippen LogP contribution in [0.15, 0.2) is 48.7 Å². The maximum Gasteiger partial charge on any atom is 0.269 e. The van der Waals surface area contributed by atoms with E-state index in [4.69, 9.17) is 4.74 Å². The molecule has 1 aromatic carbocycles. The Kier molecular flexibility index (Phi) is 5.88. The number of aromatic nitrogens is 1. The number of amides is 1. The molecule has 3 rings (SSSR count). The van der Waals surface area contributed by atoms with Crippen LogP contribution in [0, 0.1) is 13.8 Å². The number of nitrogens with one attached hydrogen (secondary N) is 1. The number of para-hydroxylation sites is 1. The van der Waals surface area contributed by atoms with Gasteiger partial charge >= 0.3 is 0 Å². The van der Waals surface area contributed by atoms with E-state index in [1.54, 1.807) is 23.6 Å². The van der Waals surface area contributed by atoms with Crippen molar-refractivity contribution in [1.29, 1.82) is 0 Å². The molecule has 154 valence electrons. The molecule has 0 aliphatic carbocycles. The summed E-state index contributed by atoms with van der Waals surface area (Å²) in [5.74, 6) is 0.702. The van der Waals surface area contributed by atoms with Gasteiger partial charge in [0, 0.05) is 11.9 Å². The zero-order chi connectivity index (χ0) is 21.2. The van der Waals surface area contributed by atoms with Gasteiger partial charge in [0.05, 0.1) is 18.3 Å². The first kappa shape index (κ1) is 20.8. The Hall–Kier alpha value is -2.93. The van der Waals surface area contributed by atoms with E-state index in [-0.39, 0.29) is 0 Å². The number of carbonyl (C=O) groups excluding carboxylic acids is 1. The molecule has 7 heteroatoms. The Labute approximate surface area is 167 Å². The van der Waals surface area contributed by atoms with E-state index in [1.807, 2.05) is 43.3 Å². The largest absolute Gasteiger partial charge is 0.456 e. The smallest absolute Gasteiger partial charge is 0.269 e. The van der Waals surface area contributed by atoms with Crippen LogP contribution >= 0.6 is 0 Å². The van der Waals surface area contributed by atoms with Gasteiger partial charge in [-0.15, -0.1) is 0 Å². The second-order valence-corrected chi connectivity index (χ2v) is 7.47. The average molecular weight is 402 g/mol. The highest BCUT2D eigenvalue weighted by atomic mass is 19.3. The number of halogens is 2. The second-order valence-electron chi connectivity index (χ2n) is 7.47. The lowest BCUT2D eigenvalue weighted by Gasteiger charge is -2.28. The Morgan fingerprint density at radius 1 is 1.21 bits per heavy atom. The molecular formula is C22H24F2N2O3. The van der Waals surface area contributed by atoms with Crippen molar-refractivity contribution in [3.63, 3.8) is 0 Å². The van der Waals surface area contributed by atoms with Crippen molar-refractivity contribution in [3.05, 3.63) is 65.5 Å². The summed E-state index contributed by atoms with van der Waals surface area (Å²) in [5.41, 5.74) is 1.32. The highest BCUT2D eigenvalue weighted by Crippen LogP contribution is 2.27. The normalized spacial score (nSPS) is 13.5. The Morgan fingerprint density at radius 2 is 1.93 bits per heavy atom. The topological polar surface area (TPSA) is 63.0 Å². The third-order valence-corrected chi connectivity index (χ3v) is 4.84. The van der Waals surface area contributed by atoms with Crippen LogP contribution in [-0.4, -0.2) is 34.0 Å². The average Bonchev–Trinajstić information content (AvgIpc) is 2.98. The molecule has 0 saturated carbocycles. The highest BCUT2D eigenvalue weighted by molar-refractivity contribution is 5.96. The number of carbonyl (C=O) groups is 1. The van der Waals surface area contributed by atoms with Crippen molar-refractivity contribution < 1.29 is 23.4 Å². The maximum atomic E-state index is 12.9. The third kappa shape index (κ3) is 4.56. The fourth-order valence-electron chi connectivity index (χ4n) is 3.26. The summed E-state index contributed by atoms with van der Waals surface area (Å²) in [6, 6.07) is 13.0. The highest BCUT2D eigenvalue weighted by Gasteiger charge is 2.31. The van der Waals surface area contributed by atoms with Crippen molar-refractivity contribution in [2.45, 2.75) is 39.2 Å². The fraction of sp³-hybridized carbons (Fsp3) is 0.318. The van der Waals surface area contributed by atoms with Crippen LogP contribution in [0.25, 0.3) is 5.52 Å². The maximum absolute atomic E-state index is 12.9. The van der Waals surface area contributed by atoms with E-state index in [0.29, 0.717) is 22.8 Å². The number of nitrogens with zero attached hydrogens (tertiary/aromatic N) is 1. The molecule has 0 spiro atoms. The van der Waals surface area contributed by atoms with Crippen LogP contribution in [0.1, 0.15) is 35.0 Å². The standard InChI is InChI=1S/C22H24F2N2O3/c1-14-6-4-5-7-18(14)29-17-9-8-16-10-15(2)20(26(16)12-17)21(28)25-22(3,13-27)11-19(23)24/h4-10,12,19,27H,11,13H2,1-3H3,(H,25,28). The predicted octanol–water partition coefficient (Wildman–Crippen LogP) is 4.48. The first-order valence-electron chi connectivity index (χ1n) is 9.29. The number of fused-ring (bicyclic) bond motifs is 1. The van der Waals surface area contributed by atoms with Gasteiger partial charge in [-0.05, 0) is 56.2 Å². The molecule has 2 N–H and O–H groups in total. The van der Waals surface area contributed by atoms with E-state index in [9.17, 15) is 18.7 Å². The molecule has 0 aliphatic heterocycles. The van der Waals surface area contributed by atoms with E-state index in [0.717, 1.165) is 11.1 Å². The molecule has 0 saturated heterocycles. The molecule has 2 aromatic heterocycles. The third-order valence-electron chi connectivity index (χ3n) is 4.84. The van der Waals surface area contributed by atoms with Crippen LogP contribution < -0.4 is 10.1 Å². The van der Waals surface area contributed by atoms with Crippen molar-refractivity contribution in [3.8, 4) is 11.5 Å². The molecule has 29 heavy (non-hydrogen) atoms. The summed E-state index contributed by atoms with van der Waals surface area (Å²) in [4.78, 5) is 12.9. The Bertz CT molecular complexity index is 1030. The van der Waals surface area contributed by atoms with Crippen molar-refractivity contribution in [2.24, 2.45) is 0 Å². The summed E-state index contributed by atoms with van der Waals surface area (Å²) in [5, 5.41) is 12.1. The summed E-state index contributed by atoms with van der Waals surface area (Å²) in [6.45, 7) is 4.51. The Balaban J connectivity index is 1.94.